The molecule has 3 nitrogen and oxygen atoms in total. The van der Waals surface area contributed by atoms with Gasteiger partial charge in [-0.05, 0) is 0 Å². The van der Waals surface area contributed by atoms with Gasteiger partial charge in [-0.25, -0.2) is 0 Å². The molecule has 3 N–H and O–H groups in total. The summed E-state index contributed by atoms with van der Waals surface area (Å²) in [6.07, 6.45) is 0. The zero-order valence-corrected chi connectivity index (χ0v) is 10.4. The standard InChI is InChI=1S/C11H15NO2Se/c1-8-2-4-9(5-3-8)6-15-7-10(12)11(13)14/h2-5,10H,6-7,12H2,1H3,(H,13,14)/t10-/m1/s1. The molecule has 0 radical (unpaired) electrons. The van der Waals surface area contributed by atoms with Crippen molar-refractivity contribution < 1.29 is 9.90 Å². The third kappa shape index (κ3) is 4.47. The number of carbonyl (C=O) groups is 1. The molecule has 1 aromatic carbocycles. The molecule has 0 aliphatic carbocycles. The summed E-state index contributed by atoms with van der Waals surface area (Å²) >= 11 is 0.271. The minimum atomic E-state index is -0.902. The summed E-state index contributed by atoms with van der Waals surface area (Å²) in [5.41, 5.74) is 7.93. The fraction of sp³-hybridized carbons (Fsp3) is 0.364. The Morgan fingerprint density at radius 3 is 2.60 bits per heavy atom. The number of nitrogens with two attached hydrogens (primary N) is 1. The van der Waals surface area contributed by atoms with E-state index in [1.807, 2.05) is 0 Å². The van der Waals surface area contributed by atoms with E-state index in [0.29, 0.717) is 5.32 Å². The number of aryl methyl sites for hydroxylation is 1. The molecule has 0 fully saturated rings. The van der Waals surface area contributed by atoms with Crippen molar-refractivity contribution in [3.05, 3.63) is 35.4 Å². The fourth-order valence-corrected chi connectivity index (χ4v) is 3.04. The molecule has 15 heavy (non-hydrogen) atoms. The van der Waals surface area contributed by atoms with E-state index >= 15 is 0 Å². The molecule has 82 valence electrons. The average Bonchev–Trinajstić information content (AvgIpc) is 2.20. The van der Waals surface area contributed by atoms with Gasteiger partial charge in [0.2, 0.25) is 0 Å². The molecule has 0 saturated heterocycles. The summed E-state index contributed by atoms with van der Waals surface area (Å²) in [5.74, 6) is -0.902. The first-order valence-corrected chi connectivity index (χ1v) is 7.13. The van der Waals surface area contributed by atoms with Crippen molar-refractivity contribution in [2.75, 3.05) is 0 Å². The van der Waals surface area contributed by atoms with Crippen LogP contribution >= 0.6 is 0 Å². The molecule has 0 unspecified atom stereocenters. The molecule has 0 aliphatic rings. The molecule has 0 heterocycles. The molecule has 1 atom stereocenters. The van der Waals surface area contributed by atoms with Gasteiger partial charge in [0.25, 0.3) is 0 Å². The van der Waals surface area contributed by atoms with Gasteiger partial charge in [0, 0.05) is 0 Å². The Morgan fingerprint density at radius 1 is 1.47 bits per heavy atom. The Morgan fingerprint density at radius 2 is 2.07 bits per heavy atom. The summed E-state index contributed by atoms with van der Waals surface area (Å²) in [6.45, 7) is 2.05. The van der Waals surface area contributed by atoms with Crippen molar-refractivity contribution in [3.63, 3.8) is 0 Å². The van der Waals surface area contributed by atoms with Gasteiger partial charge in [-0.2, -0.15) is 0 Å². The maximum atomic E-state index is 10.5. The molecule has 0 bridgehead atoms. The molecule has 4 heteroatoms. The molecule has 0 amide bonds. The van der Waals surface area contributed by atoms with Gasteiger partial charge in [0.05, 0.1) is 0 Å². The van der Waals surface area contributed by atoms with Crippen LogP contribution in [-0.4, -0.2) is 32.1 Å². The summed E-state index contributed by atoms with van der Waals surface area (Å²) in [5, 5.41) is 10.1. The van der Waals surface area contributed by atoms with E-state index in [0.717, 1.165) is 5.32 Å². The summed E-state index contributed by atoms with van der Waals surface area (Å²) < 4.78 is 0. The quantitative estimate of drug-likeness (QED) is 0.787. The van der Waals surface area contributed by atoms with Crippen molar-refractivity contribution in [3.8, 4) is 0 Å². The van der Waals surface area contributed by atoms with E-state index in [2.05, 4.69) is 31.2 Å². The Kier molecular flexibility index (Phi) is 4.82. The zero-order chi connectivity index (χ0) is 11.3. The van der Waals surface area contributed by atoms with Gasteiger partial charge in [-0.3, -0.25) is 0 Å². The first kappa shape index (κ1) is 12.2. The van der Waals surface area contributed by atoms with E-state index in [-0.39, 0.29) is 15.0 Å². The second-order valence-electron chi connectivity index (χ2n) is 3.45. The van der Waals surface area contributed by atoms with E-state index < -0.39 is 12.0 Å². The Hall–Kier alpha value is -0.831. The van der Waals surface area contributed by atoms with E-state index in [1.165, 1.54) is 11.1 Å². The van der Waals surface area contributed by atoms with Crippen LogP contribution in [-0.2, 0) is 10.1 Å². The van der Waals surface area contributed by atoms with E-state index in [1.54, 1.807) is 0 Å². The van der Waals surface area contributed by atoms with Gasteiger partial charge in [-0.15, -0.1) is 0 Å². The number of benzene rings is 1. The average molecular weight is 272 g/mol. The van der Waals surface area contributed by atoms with Crippen LogP contribution in [0, 0.1) is 6.92 Å². The van der Waals surface area contributed by atoms with Gasteiger partial charge in [-0.1, -0.05) is 0 Å². The molecular weight excluding hydrogens is 257 g/mol. The molecule has 1 aromatic rings. The second kappa shape index (κ2) is 5.91. The first-order chi connectivity index (χ1) is 7.09. The summed E-state index contributed by atoms with van der Waals surface area (Å²) in [6, 6.07) is 7.62. The zero-order valence-electron chi connectivity index (χ0n) is 8.64. The summed E-state index contributed by atoms with van der Waals surface area (Å²) in [7, 11) is 0. The predicted molar refractivity (Wildman–Crippen MR) is 61.1 cm³/mol. The van der Waals surface area contributed by atoms with Gasteiger partial charge < -0.3 is 0 Å². The van der Waals surface area contributed by atoms with Crippen molar-refractivity contribution >= 4 is 20.9 Å². The number of rotatable bonds is 5. The molecule has 0 aromatic heterocycles. The van der Waals surface area contributed by atoms with Crippen LogP contribution in [0.15, 0.2) is 24.3 Å². The Bertz CT molecular complexity index is 324. The van der Waals surface area contributed by atoms with Crippen LogP contribution in [0.5, 0.6) is 0 Å². The molecule has 1 rings (SSSR count). The number of aliphatic carboxylic acids is 1. The number of hydrogen-bond donors (Lipinski definition) is 2. The maximum absolute atomic E-state index is 10.5. The third-order valence-electron chi connectivity index (χ3n) is 2.00. The van der Waals surface area contributed by atoms with Crippen LogP contribution in [0.4, 0.5) is 0 Å². The van der Waals surface area contributed by atoms with Crippen molar-refractivity contribution in [1.29, 1.82) is 0 Å². The van der Waals surface area contributed by atoms with Crippen LogP contribution in [0.3, 0.4) is 0 Å². The Labute approximate surface area is 95.8 Å². The predicted octanol–water partition coefficient (Wildman–Crippen LogP) is 1.03. The Balaban J connectivity index is 2.32. The number of carboxylic acid groups (broad SMARTS) is 1. The molecule has 0 spiro atoms. The molecular formula is C11H15NO2Se. The SMILES string of the molecule is Cc1ccc(C[Se]C[C@@H](N)C(=O)O)cc1. The third-order valence-corrected chi connectivity index (χ3v) is 4.38. The first-order valence-electron chi connectivity index (χ1n) is 4.71. The summed E-state index contributed by atoms with van der Waals surface area (Å²) in [4.78, 5) is 10.5. The monoisotopic (exact) mass is 273 g/mol. The van der Waals surface area contributed by atoms with E-state index in [9.17, 15) is 4.79 Å². The minimum absolute atomic E-state index is 0.271. The van der Waals surface area contributed by atoms with Gasteiger partial charge in [0.15, 0.2) is 0 Å². The van der Waals surface area contributed by atoms with Gasteiger partial charge >= 0.3 is 95.6 Å². The van der Waals surface area contributed by atoms with Crippen LogP contribution in [0.1, 0.15) is 11.1 Å². The van der Waals surface area contributed by atoms with Gasteiger partial charge in [0.1, 0.15) is 0 Å². The van der Waals surface area contributed by atoms with Crippen molar-refractivity contribution in [2.24, 2.45) is 5.73 Å². The number of carboxylic acids is 1. The molecule has 0 saturated carbocycles. The van der Waals surface area contributed by atoms with Crippen molar-refractivity contribution in [2.45, 2.75) is 23.6 Å². The van der Waals surface area contributed by atoms with Crippen molar-refractivity contribution in [1.82, 2.24) is 0 Å². The topological polar surface area (TPSA) is 63.3 Å². The van der Waals surface area contributed by atoms with Crippen LogP contribution in [0.2, 0.25) is 5.32 Å². The van der Waals surface area contributed by atoms with Crippen LogP contribution in [0.25, 0.3) is 0 Å². The molecule has 0 aliphatic heterocycles. The van der Waals surface area contributed by atoms with Crippen LogP contribution < -0.4 is 5.73 Å². The normalized spacial score (nSPS) is 12.4. The fourth-order valence-electron chi connectivity index (χ4n) is 1.06. The second-order valence-corrected chi connectivity index (χ2v) is 5.61. The number of hydrogen-bond acceptors (Lipinski definition) is 2. The van der Waals surface area contributed by atoms with E-state index in [4.69, 9.17) is 10.8 Å².